The van der Waals surface area contributed by atoms with Crippen molar-refractivity contribution >= 4 is 5.91 Å². The molecule has 0 aromatic rings. The van der Waals surface area contributed by atoms with Gasteiger partial charge >= 0.3 is 0 Å². The van der Waals surface area contributed by atoms with E-state index in [-0.39, 0.29) is 5.91 Å². The van der Waals surface area contributed by atoms with Gasteiger partial charge in [-0.1, -0.05) is 13.8 Å². The smallest absolute Gasteiger partial charge is 0.234 e. The van der Waals surface area contributed by atoms with Crippen LogP contribution in [0.4, 0.5) is 0 Å². The lowest BCUT2D eigenvalue weighted by molar-refractivity contribution is -0.120. The number of hydrogen-bond acceptors (Lipinski definition) is 4. The molecule has 0 aromatic carbocycles. The maximum Gasteiger partial charge on any atom is 0.234 e. The second-order valence-corrected chi connectivity index (χ2v) is 4.31. The fraction of sp³-hybridized carbons (Fsp3) is 0.917. The predicted molar refractivity (Wildman–Crippen MR) is 68.0 cm³/mol. The summed E-state index contributed by atoms with van der Waals surface area (Å²) in [5, 5.41) is 5.76. The number of rotatable bonds is 11. The summed E-state index contributed by atoms with van der Waals surface area (Å²) in [5.74, 6) is 0.656. The maximum absolute atomic E-state index is 11.3. The van der Waals surface area contributed by atoms with Gasteiger partial charge in [0.1, 0.15) is 0 Å². The molecule has 0 aliphatic rings. The molecule has 5 nitrogen and oxygen atoms in total. The Morgan fingerprint density at radius 2 is 1.94 bits per heavy atom. The standard InChI is InChI=1S/C12H26N2O3/c1-11(2)4-7-17-9-6-14-12(15)10-13-5-8-16-3/h11,13H,4-10H2,1-3H3,(H,14,15). The van der Waals surface area contributed by atoms with Crippen LogP contribution in [0.15, 0.2) is 0 Å². The summed E-state index contributed by atoms with van der Waals surface area (Å²) in [5.41, 5.74) is 0. The quantitative estimate of drug-likeness (QED) is 0.518. The molecule has 0 radical (unpaired) electrons. The van der Waals surface area contributed by atoms with Gasteiger partial charge in [-0.05, 0) is 12.3 Å². The molecule has 0 fully saturated rings. The van der Waals surface area contributed by atoms with Crippen molar-refractivity contribution in [3.8, 4) is 0 Å². The first-order chi connectivity index (χ1) is 8.16. The van der Waals surface area contributed by atoms with E-state index < -0.39 is 0 Å². The van der Waals surface area contributed by atoms with Gasteiger partial charge in [0.05, 0.1) is 19.8 Å². The van der Waals surface area contributed by atoms with Crippen molar-refractivity contribution in [2.24, 2.45) is 5.92 Å². The van der Waals surface area contributed by atoms with Gasteiger partial charge in [0.2, 0.25) is 5.91 Å². The summed E-state index contributed by atoms with van der Waals surface area (Å²) in [6, 6.07) is 0. The van der Waals surface area contributed by atoms with E-state index in [1.165, 1.54) is 0 Å². The zero-order valence-electron chi connectivity index (χ0n) is 11.3. The zero-order valence-corrected chi connectivity index (χ0v) is 11.3. The molecule has 2 N–H and O–H groups in total. The molecule has 0 saturated carbocycles. The topological polar surface area (TPSA) is 59.6 Å². The molecule has 0 rings (SSSR count). The molecule has 0 spiro atoms. The van der Waals surface area contributed by atoms with Crippen molar-refractivity contribution < 1.29 is 14.3 Å². The van der Waals surface area contributed by atoms with Gasteiger partial charge in [0.15, 0.2) is 0 Å². The number of carbonyl (C=O) groups excluding carboxylic acids is 1. The van der Waals surface area contributed by atoms with Crippen LogP contribution in [0.25, 0.3) is 0 Å². The van der Waals surface area contributed by atoms with Crippen LogP contribution in [0, 0.1) is 5.92 Å². The molecule has 0 atom stereocenters. The van der Waals surface area contributed by atoms with Gasteiger partial charge in [-0.2, -0.15) is 0 Å². The fourth-order valence-corrected chi connectivity index (χ4v) is 1.12. The van der Waals surface area contributed by atoms with Crippen LogP contribution >= 0.6 is 0 Å². The first-order valence-electron chi connectivity index (χ1n) is 6.21. The van der Waals surface area contributed by atoms with Gasteiger partial charge < -0.3 is 20.1 Å². The Labute approximate surface area is 104 Å². The van der Waals surface area contributed by atoms with Crippen LogP contribution in [0.2, 0.25) is 0 Å². The van der Waals surface area contributed by atoms with E-state index in [2.05, 4.69) is 24.5 Å². The minimum Gasteiger partial charge on any atom is -0.383 e. The molecule has 0 heterocycles. The summed E-state index contributed by atoms with van der Waals surface area (Å²) >= 11 is 0. The Morgan fingerprint density at radius 3 is 2.59 bits per heavy atom. The predicted octanol–water partition coefficient (Wildman–Crippen LogP) is 0.401. The molecule has 0 aliphatic carbocycles. The molecule has 17 heavy (non-hydrogen) atoms. The number of hydrogen-bond donors (Lipinski definition) is 2. The van der Waals surface area contributed by atoms with Gasteiger partial charge in [-0.25, -0.2) is 0 Å². The monoisotopic (exact) mass is 246 g/mol. The molecule has 0 bridgehead atoms. The number of carbonyl (C=O) groups is 1. The average Bonchev–Trinajstić information content (AvgIpc) is 2.29. The van der Waals surface area contributed by atoms with Crippen molar-refractivity contribution in [2.75, 3.05) is 46.6 Å². The van der Waals surface area contributed by atoms with Crippen LogP contribution in [0.3, 0.4) is 0 Å². The number of nitrogens with one attached hydrogen (secondary N) is 2. The van der Waals surface area contributed by atoms with Crippen molar-refractivity contribution in [1.29, 1.82) is 0 Å². The Balaban J connectivity index is 3.16. The van der Waals surface area contributed by atoms with E-state index in [0.717, 1.165) is 13.0 Å². The Bertz CT molecular complexity index is 187. The average molecular weight is 246 g/mol. The zero-order chi connectivity index (χ0) is 12.9. The van der Waals surface area contributed by atoms with E-state index in [0.29, 0.717) is 38.8 Å². The summed E-state index contributed by atoms with van der Waals surface area (Å²) < 4.78 is 10.2. The molecule has 0 aliphatic heterocycles. The van der Waals surface area contributed by atoms with Crippen molar-refractivity contribution in [3.63, 3.8) is 0 Å². The SMILES string of the molecule is COCCNCC(=O)NCCOCCC(C)C. The molecule has 102 valence electrons. The van der Waals surface area contributed by atoms with E-state index in [9.17, 15) is 4.79 Å². The second-order valence-electron chi connectivity index (χ2n) is 4.31. The van der Waals surface area contributed by atoms with Crippen LogP contribution in [0.1, 0.15) is 20.3 Å². The third-order valence-corrected chi connectivity index (χ3v) is 2.18. The molecular weight excluding hydrogens is 220 g/mol. The molecule has 1 amide bonds. The molecule has 0 aromatic heterocycles. The van der Waals surface area contributed by atoms with Crippen LogP contribution in [0.5, 0.6) is 0 Å². The molecule has 0 unspecified atom stereocenters. The van der Waals surface area contributed by atoms with Crippen LogP contribution in [-0.2, 0) is 14.3 Å². The normalized spacial score (nSPS) is 10.8. The highest BCUT2D eigenvalue weighted by atomic mass is 16.5. The Morgan fingerprint density at radius 1 is 1.18 bits per heavy atom. The highest BCUT2D eigenvalue weighted by Gasteiger charge is 1.99. The molecular formula is C12H26N2O3. The van der Waals surface area contributed by atoms with Crippen molar-refractivity contribution in [3.05, 3.63) is 0 Å². The summed E-state index contributed by atoms with van der Waals surface area (Å²) in [6.07, 6.45) is 1.06. The third-order valence-electron chi connectivity index (χ3n) is 2.18. The van der Waals surface area contributed by atoms with E-state index in [1.807, 2.05) is 0 Å². The lowest BCUT2D eigenvalue weighted by Gasteiger charge is -2.08. The van der Waals surface area contributed by atoms with Crippen LogP contribution in [-0.4, -0.2) is 52.5 Å². The summed E-state index contributed by atoms with van der Waals surface area (Å²) in [4.78, 5) is 11.3. The van der Waals surface area contributed by atoms with Gasteiger partial charge in [-0.3, -0.25) is 4.79 Å². The number of methoxy groups -OCH3 is 1. The minimum absolute atomic E-state index is 0.00596. The first kappa shape index (κ1) is 16.4. The largest absolute Gasteiger partial charge is 0.383 e. The third kappa shape index (κ3) is 13.3. The van der Waals surface area contributed by atoms with E-state index in [1.54, 1.807) is 7.11 Å². The Kier molecular flexibility index (Phi) is 11.4. The summed E-state index contributed by atoms with van der Waals surface area (Å²) in [6.45, 7) is 7.88. The first-order valence-corrected chi connectivity index (χ1v) is 6.21. The van der Waals surface area contributed by atoms with E-state index >= 15 is 0 Å². The van der Waals surface area contributed by atoms with E-state index in [4.69, 9.17) is 9.47 Å². The fourth-order valence-electron chi connectivity index (χ4n) is 1.12. The van der Waals surface area contributed by atoms with Crippen molar-refractivity contribution in [2.45, 2.75) is 20.3 Å². The Hall–Kier alpha value is -0.650. The minimum atomic E-state index is -0.00596. The lowest BCUT2D eigenvalue weighted by atomic mass is 10.1. The van der Waals surface area contributed by atoms with Gasteiger partial charge in [0, 0.05) is 26.8 Å². The second kappa shape index (κ2) is 11.8. The van der Waals surface area contributed by atoms with Crippen molar-refractivity contribution in [1.82, 2.24) is 10.6 Å². The highest BCUT2D eigenvalue weighted by molar-refractivity contribution is 5.77. The number of ether oxygens (including phenoxy) is 2. The lowest BCUT2D eigenvalue weighted by Crippen LogP contribution is -2.36. The summed E-state index contributed by atoms with van der Waals surface area (Å²) in [7, 11) is 1.64. The molecule has 5 heteroatoms. The van der Waals surface area contributed by atoms with Gasteiger partial charge in [0.25, 0.3) is 0 Å². The van der Waals surface area contributed by atoms with Gasteiger partial charge in [-0.15, -0.1) is 0 Å². The van der Waals surface area contributed by atoms with Crippen LogP contribution < -0.4 is 10.6 Å². The maximum atomic E-state index is 11.3. The highest BCUT2D eigenvalue weighted by Crippen LogP contribution is 1.97. The number of amides is 1. The molecule has 0 saturated heterocycles.